The summed E-state index contributed by atoms with van der Waals surface area (Å²) in [7, 11) is -0.899. The fraction of sp³-hybridized carbons (Fsp3) is 0.0833. The molecule has 1 aromatic carbocycles. The summed E-state index contributed by atoms with van der Waals surface area (Å²) in [5, 5.41) is 9.69. The van der Waals surface area contributed by atoms with E-state index in [0.29, 0.717) is 11.5 Å². The molecule has 0 unspecified atom stereocenters. The van der Waals surface area contributed by atoms with Crippen molar-refractivity contribution in [2.75, 3.05) is 4.72 Å². The summed E-state index contributed by atoms with van der Waals surface area (Å²) in [6, 6.07) is 7.12. The summed E-state index contributed by atoms with van der Waals surface area (Å²) in [6.45, 7) is 0.385. The largest absolute Gasteiger partial charge is 0.491 e. The highest BCUT2D eigenvalue weighted by Gasteiger charge is 2.28. The Labute approximate surface area is 125 Å². The Morgan fingerprint density at radius 2 is 2.35 bits per heavy atom. The predicted molar refractivity (Wildman–Crippen MR) is 82.6 cm³/mol. The van der Waals surface area contributed by atoms with Crippen LogP contribution in [0.4, 0.5) is 5.69 Å². The minimum Gasteiger partial charge on any atom is -0.423 e. The summed E-state index contributed by atoms with van der Waals surface area (Å²) in [6.07, 6.45) is 1.58. The van der Waals surface area contributed by atoms with Crippen molar-refractivity contribution in [2.45, 2.75) is 16.4 Å². The van der Waals surface area contributed by atoms with Crippen LogP contribution >= 0.6 is 24.6 Å². The molecular formula is C12H11BN2O3S2. The van der Waals surface area contributed by atoms with Gasteiger partial charge in [0.2, 0.25) is 0 Å². The molecule has 0 fully saturated rings. The topological polar surface area (TPSA) is 74.4 Å². The lowest BCUT2D eigenvalue weighted by Crippen LogP contribution is -2.28. The Kier molecular flexibility index (Phi) is 3.79. The van der Waals surface area contributed by atoms with E-state index in [9.17, 15) is 9.82 Å². The molecule has 1 aliphatic rings. The molecule has 0 saturated heterocycles. The number of H-pyrrole nitrogens is 1. The number of fused-ring (bicyclic) bond motifs is 1. The van der Waals surface area contributed by atoms with Crippen LogP contribution in [0.1, 0.15) is 5.56 Å². The molecule has 5 nitrogen and oxygen atoms in total. The molecule has 3 N–H and O–H groups in total. The van der Waals surface area contributed by atoms with E-state index in [4.69, 9.17) is 4.65 Å². The average molecular weight is 306 g/mol. The maximum Gasteiger partial charge on any atom is 0.491 e. The Morgan fingerprint density at radius 3 is 3.15 bits per heavy atom. The molecule has 20 heavy (non-hydrogen) atoms. The van der Waals surface area contributed by atoms with E-state index in [1.54, 1.807) is 24.4 Å². The van der Waals surface area contributed by atoms with E-state index >= 15 is 0 Å². The van der Waals surface area contributed by atoms with Gasteiger partial charge < -0.3 is 19.4 Å². The van der Waals surface area contributed by atoms with Crippen LogP contribution in [0.2, 0.25) is 0 Å². The number of pyridine rings is 1. The quantitative estimate of drug-likeness (QED) is 0.387. The first kappa shape index (κ1) is 13.6. The van der Waals surface area contributed by atoms with Gasteiger partial charge in [0.1, 0.15) is 0 Å². The van der Waals surface area contributed by atoms with E-state index in [-0.39, 0.29) is 5.56 Å². The van der Waals surface area contributed by atoms with Gasteiger partial charge >= 0.3 is 7.12 Å². The van der Waals surface area contributed by atoms with Crippen LogP contribution in [0, 0.1) is 0 Å². The average Bonchev–Trinajstić information content (AvgIpc) is 2.78. The second kappa shape index (κ2) is 5.57. The number of anilines is 1. The molecule has 0 spiro atoms. The molecule has 1 aromatic heterocycles. The van der Waals surface area contributed by atoms with Crippen molar-refractivity contribution in [2.24, 2.45) is 0 Å². The molecule has 8 heteroatoms. The summed E-state index contributed by atoms with van der Waals surface area (Å²) >= 11 is 5.60. The Morgan fingerprint density at radius 1 is 1.50 bits per heavy atom. The molecule has 2 heterocycles. The Bertz CT molecular complexity index is 707. The first-order chi connectivity index (χ1) is 9.65. The van der Waals surface area contributed by atoms with Crippen molar-refractivity contribution >= 4 is 42.8 Å². The van der Waals surface area contributed by atoms with Crippen LogP contribution in [-0.2, 0) is 11.3 Å². The van der Waals surface area contributed by atoms with Crippen molar-refractivity contribution < 1.29 is 9.68 Å². The SMILES string of the molecule is O=c1[nH]cccc1SNc1cc2c(cc1S)COB2O. The number of hydrogen-bond acceptors (Lipinski definition) is 6. The molecule has 0 radical (unpaired) electrons. The number of thiol groups is 1. The molecule has 0 amide bonds. The van der Waals surface area contributed by atoms with Crippen molar-refractivity contribution in [3.05, 3.63) is 46.4 Å². The van der Waals surface area contributed by atoms with Crippen LogP contribution in [0.3, 0.4) is 0 Å². The highest BCUT2D eigenvalue weighted by Crippen LogP contribution is 2.27. The molecule has 2 aromatic rings. The van der Waals surface area contributed by atoms with E-state index in [0.717, 1.165) is 21.6 Å². The molecular weight excluding hydrogens is 295 g/mol. The van der Waals surface area contributed by atoms with Crippen molar-refractivity contribution in [1.29, 1.82) is 0 Å². The van der Waals surface area contributed by atoms with Gasteiger partial charge in [-0.25, -0.2) is 0 Å². The highest BCUT2D eigenvalue weighted by molar-refractivity contribution is 8.00. The lowest BCUT2D eigenvalue weighted by Gasteiger charge is -2.10. The van der Waals surface area contributed by atoms with Crippen LogP contribution in [0.5, 0.6) is 0 Å². The number of hydrogen-bond donors (Lipinski definition) is 4. The summed E-state index contributed by atoms with van der Waals surface area (Å²) < 4.78 is 8.22. The number of nitrogens with one attached hydrogen (secondary N) is 2. The Hall–Kier alpha value is -1.35. The van der Waals surface area contributed by atoms with Gasteiger partial charge in [0.05, 0.1) is 17.2 Å². The minimum absolute atomic E-state index is 0.157. The summed E-state index contributed by atoms with van der Waals surface area (Å²) in [4.78, 5) is 15.5. The van der Waals surface area contributed by atoms with Gasteiger partial charge in [-0.15, -0.1) is 12.6 Å². The van der Waals surface area contributed by atoms with E-state index in [1.165, 1.54) is 11.9 Å². The van der Waals surface area contributed by atoms with Crippen LogP contribution < -0.4 is 15.7 Å². The molecule has 0 bridgehead atoms. The Balaban J connectivity index is 1.83. The van der Waals surface area contributed by atoms with Gasteiger partial charge in [0.15, 0.2) is 0 Å². The number of rotatable bonds is 3. The van der Waals surface area contributed by atoms with E-state index in [2.05, 4.69) is 22.3 Å². The second-order valence-corrected chi connectivity index (χ2v) is 5.63. The van der Waals surface area contributed by atoms with Crippen LogP contribution in [0.15, 0.2) is 45.0 Å². The number of benzene rings is 1. The van der Waals surface area contributed by atoms with E-state index < -0.39 is 7.12 Å². The zero-order valence-corrected chi connectivity index (χ0v) is 12.0. The molecule has 0 atom stereocenters. The third-order valence-electron chi connectivity index (χ3n) is 2.97. The minimum atomic E-state index is -0.899. The lowest BCUT2D eigenvalue weighted by molar-refractivity contribution is 0.275. The second-order valence-electron chi connectivity index (χ2n) is 4.30. The molecule has 102 valence electrons. The van der Waals surface area contributed by atoms with Gasteiger partial charge in [-0.1, -0.05) is 0 Å². The van der Waals surface area contributed by atoms with Crippen molar-refractivity contribution in [3.63, 3.8) is 0 Å². The third-order valence-corrected chi connectivity index (χ3v) is 4.21. The van der Waals surface area contributed by atoms with Gasteiger partial charge in [0, 0.05) is 11.1 Å². The first-order valence-corrected chi connectivity index (χ1v) is 7.17. The zero-order chi connectivity index (χ0) is 14.1. The lowest BCUT2D eigenvalue weighted by atomic mass is 9.79. The van der Waals surface area contributed by atoms with Gasteiger partial charge in [-0.3, -0.25) is 4.79 Å². The number of aromatic nitrogens is 1. The molecule has 0 aliphatic carbocycles. The normalized spacial score (nSPS) is 13.4. The van der Waals surface area contributed by atoms with Crippen molar-refractivity contribution in [3.8, 4) is 0 Å². The number of aromatic amines is 1. The van der Waals surface area contributed by atoms with E-state index in [1.807, 2.05) is 6.07 Å². The van der Waals surface area contributed by atoms with Crippen LogP contribution in [-0.4, -0.2) is 17.1 Å². The van der Waals surface area contributed by atoms with Gasteiger partial charge in [-0.2, -0.15) is 0 Å². The zero-order valence-electron chi connectivity index (χ0n) is 10.3. The standard InChI is InChI=1S/C12H11BN2O3S2/c16-12-11(2-1-3-14-12)20-15-9-5-8-7(4-10(9)19)6-18-13(8)17/h1-5,15,17,19H,6H2,(H,14,16). The smallest absolute Gasteiger partial charge is 0.423 e. The third kappa shape index (κ3) is 2.60. The van der Waals surface area contributed by atoms with Crippen molar-refractivity contribution in [1.82, 2.24) is 4.98 Å². The fourth-order valence-corrected chi connectivity index (χ4v) is 2.98. The predicted octanol–water partition coefficient (Wildman–Crippen LogP) is 1.00. The molecule has 1 aliphatic heterocycles. The summed E-state index contributed by atoms with van der Waals surface area (Å²) in [5.41, 5.74) is 2.23. The first-order valence-electron chi connectivity index (χ1n) is 5.91. The van der Waals surface area contributed by atoms with Crippen LogP contribution in [0.25, 0.3) is 0 Å². The van der Waals surface area contributed by atoms with Gasteiger partial charge in [0.25, 0.3) is 5.56 Å². The van der Waals surface area contributed by atoms with Gasteiger partial charge in [-0.05, 0) is 47.2 Å². The summed E-state index contributed by atoms with van der Waals surface area (Å²) in [5.74, 6) is 0. The monoisotopic (exact) mass is 306 g/mol. The fourth-order valence-electron chi connectivity index (χ4n) is 1.94. The highest BCUT2D eigenvalue weighted by atomic mass is 32.2. The maximum atomic E-state index is 11.6. The molecule has 3 rings (SSSR count). The molecule has 0 saturated carbocycles. The maximum absolute atomic E-state index is 11.6.